The maximum atomic E-state index is 13.5. The van der Waals surface area contributed by atoms with Crippen LogP contribution in [-0.2, 0) is 16.6 Å². The fourth-order valence-electron chi connectivity index (χ4n) is 3.43. The number of sulfonamides is 1. The molecule has 0 fully saturated rings. The van der Waals surface area contributed by atoms with Crippen LogP contribution < -0.4 is 14.4 Å². The molecule has 1 aliphatic rings. The quantitative estimate of drug-likeness (QED) is 0.625. The zero-order valence-corrected chi connectivity index (χ0v) is 17.2. The van der Waals surface area contributed by atoms with E-state index < -0.39 is 15.8 Å². The summed E-state index contributed by atoms with van der Waals surface area (Å²) in [5.74, 6) is -0.312. The summed E-state index contributed by atoms with van der Waals surface area (Å²) in [7, 11) is -2.49. The predicted molar refractivity (Wildman–Crippen MR) is 117 cm³/mol. The molecule has 1 N–H and O–H groups in total. The first-order chi connectivity index (χ1) is 14.5. The van der Waals surface area contributed by atoms with Crippen LogP contribution in [0.4, 0.5) is 15.8 Å². The molecular formula is C23H21FN2O3S. The number of methoxy groups -OCH3 is 1. The summed E-state index contributed by atoms with van der Waals surface area (Å²) in [6.07, 6.45) is 4.21. The average Bonchev–Trinajstić information content (AvgIpc) is 2.74. The van der Waals surface area contributed by atoms with E-state index in [9.17, 15) is 12.8 Å². The summed E-state index contributed by atoms with van der Waals surface area (Å²) >= 11 is 0. The summed E-state index contributed by atoms with van der Waals surface area (Å²) in [5, 5.41) is 0. The Morgan fingerprint density at radius 1 is 1.07 bits per heavy atom. The number of nitrogens with zero attached hydrogens (tertiary/aromatic N) is 1. The van der Waals surface area contributed by atoms with Gasteiger partial charge < -0.3 is 9.64 Å². The lowest BCUT2D eigenvalue weighted by atomic mass is 10.1. The van der Waals surface area contributed by atoms with E-state index in [0.29, 0.717) is 6.54 Å². The van der Waals surface area contributed by atoms with Crippen LogP contribution in [-0.4, -0.2) is 22.1 Å². The van der Waals surface area contributed by atoms with Crippen LogP contribution in [0.2, 0.25) is 0 Å². The molecule has 0 amide bonds. The van der Waals surface area contributed by atoms with Gasteiger partial charge in [0.1, 0.15) is 11.6 Å². The van der Waals surface area contributed by atoms with Crippen molar-refractivity contribution >= 4 is 27.5 Å². The highest BCUT2D eigenvalue weighted by atomic mass is 32.2. The molecule has 0 saturated carbocycles. The molecule has 30 heavy (non-hydrogen) atoms. The number of anilines is 2. The largest absolute Gasteiger partial charge is 0.495 e. The molecule has 3 aromatic carbocycles. The number of ether oxygens (including phenoxy) is 1. The number of para-hydroxylation sites is 1. The van der Waals surface area contributed by atoms with Crippen molar-refractivity contribution < 1.29 is 17.5 Å². The fraction of sp³-hybridized carbons (Fsp3) is 0.130. The second-order valence-electron chi connectivity index (χ2n) is 6.94. The van der Waals surface area contributed by atoms with Crippen molar-refractivity contribution in [3.63, 3.8) is 0 Å². The first-order valence-electron chi connectivity index (χ1n) is 9.42. The van der Waals surface area contributed by atoms with E-state index in [2.05, 4.69) is 33.9 Å². The lowest BCUT2D eigenvalue weighted by Crippen LogP contribution is -2.25. The summed E-state index contributed by atoms with van der Waals surface area (Å²) in [5.41, 5.74) is 3.36. The van der Waals surface area contributed by atoms with Crippen molar-refractivity contribution in [2.45, 2.75) is 11.4 Å². The number of rotatable bonds is 6. The van der Waals surface area contributed by atoms with Crippen LogP contribution >= 0.6 is 0 Å². The minimum atomic E-state index is -3.88. The van der Waals surface area contributed by atoms with Gasteiger partial charge in [-0.2, -0.15) is 0 Å². The third kappa shape index (κ3) is 4.16. The lowest BCUT2D eigenvalue weighted by Gasteiger charge is -2.28. The minimum absolute atomic E-state index is 0.0540. The number of hydrogen-bond donors (Lipinski definition) is 1. The molecule has 0 atom stereocenters. The van der Waals surface area contributed by atoms with Crippen LogP contribution in [0.3, 0.4) is 0 Å². The molecule has 7 heteroatoms. The maximum absolute atomic E-state index is 13.5. The molecular weight excluding hydrogens is 403 g/mol. The van der Waals surface area contributed by atoms with E-state index in [1.54, 1.807) is 24.3 Å². The number of benzene rings is 3. The fourth-order valence-corrected chi connectivity index (χ4v) is 4.49. The molecule has 0 spiro atoms. The minimum Gasteiger partial charge on any atom is -0.495 e. The molecule has 0 bridgehead atoms. The standard InChI is InChI=1S/C23H21FN2O3S/c1-29-23-13-10-19(24)15-21(23)25-30(27,28)20-11-8-17(9-12-20)16-26-14-4-6-18-5-2-3-7-22(18)26/h2-13,15,25H,14,16H2,1H3. The van der Waals surface area contributed by atoms with Crippen molar-refractivity contribution in [1.29, 1.82) is 0 Å². The third-order valence-electron chi connectivity index (χ3n) is 4.91. The third-order valence-corrected chi connectivity index (χ3v) is 6.29. The Bertz CT molecular complexity index is 1190. The number of fused-ring (bicyclic) bond motifs is 1. The average molecular weight is 424 g/mol. The van der Waals surface area contributed by atoms with Crippen molar-refractivity contribution in [3.05, 3.63) is 89.8 Å². The van der Waals surface area contributed by atoms with E-state index in [4.69, 9.17) is 4.74 Å². The molecule has 0 aliphatic carbocycles. The van der Waals surface area contributed by atoms with Gasteiger partial charge in [0.05, 0.1) is 17.7 Å². The second kappa shape index (κ2) is 8.20. The van der Waals surface area contributed by atoms with Gasteiger partial charge in [-0.25, -0.2) is 12.8 Å². The SMILES string of the molecule is COc1ccc(F)cc1NS(=O)(=O)c1ccc(CN2CC=Cc3ccccc32)cc1. The van der Waals surface area contributed by atoms with Crippen LogP contribution in [0, 0.1) is 5.82 Å². The molecule has 5 nitrogen and oxygen atoms in total. The highest BCUT2D eigenvalue weighted by Crippen LogP contribution is 2.29. The normalized spacial score (nSPS) is 13.1. The van der Waals surface area contributed by atoms with E-state index in [1.165, 1.54) is 19.2 Å². The topological polar surface area (TPSA) is 58.6 Å². The molecule has 0 radical (unpaired) electrons. The molecule has 0 aromatic heterocycles. The van der Waals surface area contributed by atoms with Crippen LogP contribution in [0.5, 0.6) is 5.75 Å². The van der Waals surface area contributed by atoms with E-state index in [0.717, 1.165) is 29.4 Å². The van der Waals surface area contributed by atoms with Gasteiger partial charge in [0.2, 0.25) is 0 Å². The van der Waals surface area contributed by atoms with Crippen LogP contribution in [0.1, 0.15) is 11.1 Å². The Morgan fingerprint density at radius 3 is 2.60 bits per heavy atom. The first-order valence-corrected chi connectivity index (χ1v) is 10.9. The van der Waals surface area contributed by atoms with Crippen LogP contribution in [0.15, 0.2) is 77.7 Å². The molecule has 4 rings (SSSR count). The zero-order valence-electron chi connectivity index (χ0n) is 16.4. The highest BCUT2D eigenvalue weighted by molar-refractivity contribution is 7.92. The molecule has 1 aliphatic heterocycles. The molecule has 154 valence electrons. The van der Waals surface area contributed by atoms with E-state index in [1.807, 2.05) is 12.1 Å². The van der Waals surface area contributed by atoms with Gasteiger partial charge in [-0.3, -0.25) is 4.72 Å². The molecule has 1 heterocycles. The Hall–Kier alpha value is -3.32. The van der Waals surface area contributed by atoms with Crippen molar-refractivity contribution in [2.75, 3.05) is 23.3 Å². The molecule has 0 unspecified atom stereocenters. The van der Waals surface area contributed by atoms with Gasteiger partial charge in [-0.05, 0) is 41.5 Å². The van der Waals surface area contributed by atoms with E-state index >= 15 is 0 Å². The number of hydrogen-bond acceptors (Lipinski definition) is 4. The van der Waals surface area contributed by atoms with Crippen molar-refractivity contribution in [1.82, 2.24) is 0 Å². The predicted octanol–water partition coefficient (Wildman–Crippen LogP) is 4.67. The Labute approximate surface area is 175 Å². The van der Waals surface area contributed by atoms with Crippen molar-refractivity contribution in [2.24, 2.45) is 0 Å². The maximum Gasteiger partial charge on any atom is 0.262 e. The Balaban J connectivity index is 1.52. The summed E-state index contributed by atoms with van der Waals surface area (Å²) in [6, 6.07) is 18.5. The summed E-state index contributed by atoms with van der Waals surface area (Å²) in [4.78, 5) is 2.32. The highest BCUT2D eigenvalue weighted by Gasteiger charge is 2.18. The van der Waals surface area contributed by atoms with Gasteiger partial charge in [-0.15, -0.1) is 0 Å². The number of halogens is 1. The van der Waals surface area contributed by atoms with Crippen molar-refractivity contribution in [3.8, 4) is 5.75 Å². The lowest BCUT2D eigenvalue weighted by molar-refractivity contribution is 0.416. The first kappa shape index (κ1) is 20.0. The Morgan fingerprint density at radius 2 is 1.83 bits per heavy atom. The van der Waals surface area contributed by atoms with Crippen LogP contribution in [0.25, 0.3) is 6.08 Å². The van der Waals surface area contributed by atoms with Gasteiger partial charge in [0, 0.05) is 24.8 Å². The van der Waals surface area contributed by atoms with Gasteiger partial charge in [-0.1, -0.05) is 42.5 Å². The monoisotopic (exact) mass is 424 g/mol. The second-order valence-corrected chi connectivity index (χ2v) is 8.62. The summed E-state index contributed by atoms with van der Waals surface area (Å²) in [6.45, 7) is 1.45. The Kier molecular flexibility index (Phi) is 5.46. The zero-order chi connectivity index (χ0) is 21.1. The summed E-state index contributed by atoms with van der Waals surface area (Å²) < 4.78 is 46.5. The van der Waals surface area contributed by atoms with Gasteiger partial charge in [0.15, 0.2) is 0 Å². The van der Waals surface area contributed by atoms with Gasteiger partial charge >= 0.3 is 0 Å². The molecule has 3 aromatic rings. The van der Waals surface area contributed by atoms with Gasteiger partial charge in [0.25, 0.3) is 10.0 Å². The smallest absolute Gasteiger partial charge is 0.262 e. The number of nitrogens with one attached hydrogen (secondary N) is 1. The molecule has 0 saturated heterocycles. The van der Waals surface area contributed by atoms with E-state index in [-0.39, 0.29) is 16.3 Å².